The van der Waals surface area contributed by atoms with E-state index in [0.717, 1.165) is 48.8 Å². The largest absolute Gasteiger partial charge is 0.463 e. The van der Waals surface area contributed by atoms with Crippen molar-refractivity contribution >= 4 is 5.97 Å². The lowest BCUT2D eigenvalue weighted by Gasteiger charge is -2.41. The zero-order valence-electron chi connectivity index (χ0n) is 24.0. The summed E-state index contributed by atoms with van der Waals surface area (Å²) in [5.74, 6) is -0.242. The van der Waals surface area contributed by atoms with E-state index in [1.807, 2.05) is 43.3 Å². The van der Waals surface area contributed by atoms with Crippen LogP contribution in [-0.4, -0.2) is 77.5 Å². The summed E-state index contributed by atoms with van der Waals surface area (Å²) in [6, 6.07) is 17.7. The first-order valence-corrected chi connectivity index (χ1v) is 14.1. The van der Waals surface area contributed by atoms with E-state index in [2.05, 4.69) is 14.8 Å². The van der Waals surface area contributed by atoms with Gasteiger partial charge in [-0.05, 0) is 53.8 Å². The first-order chi connectivity index (χ1) is 20.1. The van der Waals surface area contributed by atoms with Crippen LogP contribution in [0.25, 0.3) is 11.1 Å². The molecule has 2 atom stereocenters. The maximum absolute atomic E-state index is 13.2. The molecule has 1 fully saturated rings. The van der Waals surface area contributed by atoms with Crippen molar-refractivity contribution in [1.29, 1.82) is 0 Å². The summed E-state index contributed by atoms with van der Waals surface area (Å²) < 4.78 is 50.2. The summed E-state index contributed by atoms with van der Waals surface area (Å²) in [5.41, 5.74) is 0.749. The molecule has 2 aromatic carbocycles. The number of piperazine rings is 1. The predicted octanol–water partition coefficient (Wildman–Crippen LogP) is 5.17. The Labute approximate surface area is 244 Å². The first-order valence-electron chi connectivity index (χ1n) is 14.1. The Hall–Kier alpha value is -3.31. The van der Waals surface area contributed by atoms with Gasteiger partial charge in [-0.2, -0.15) is 13.2 Å². The monoisotopic (exact) mass is 585 g/mol. The van der Waals surface area contributed by atoms with E-state index in [4.69, 9.17) is 9.47 Å². The second-order valence-corrected chi connectivity index (χ2v) is 10.7. The van der Waals surface area contributed by atoms with Gasteiger partial charge < -0.3 is 14.6 Å². The summed E-state index contributed by atoms with van der Waals surface area (Å²) in [5, 5.41) is 9.92. The SMILES string of the molecule is CCOCCOC(=O)C[C@H]1CN(Cc2ccc(-c3ccc(C(C)(O)C(F)(F)F)cc3)cc2)CCN1Cc1ccncc1. The highest BCUT2D eigenvalue weighted by Gasteiger charge is 2.51. The molecule has 1 unspecified atom stereocenters. The van der Waals surface area contributed by atoms with E-state index in [9.17, 15) is 23.1 Å². The minimum atomic E-state index is -4.76. The number of hydrogen-bond donors (Lipinski definition) is 1. The molecule has 4 rings (SSSR count). The number of carbonyl (C=O) groups excluding carboxylic acids is 1. The van der Waals surface area contributed by atoms with Crippen LogP contribution in [0, 0.1) is 0 Å². The van der Waals surface area contributed by atoms with Crippen LogP contribution >= 0.6 is 0 Å². The quantitative estimate of drug-likeness (QED) is 0.232. The maximum atomic E-state index is 13.2. The van der Waals surface area contributed by atoms with Gasteiger partial charge in [-0.15, -0.1) is 0 Å². The van der Waals surface area contributed by atoms with Gasteiger partial charge in [0.1, 0.15) is 6.61 Å². The fourth-order valence-electron chi connectivity index (χ4n) is 5.05. The fourth-order valence-corrected chi connectivity index (χ4v) is 5.05. The Morgan fingerprint density at radius 1 is 0.929 bits per heavy atom. The van der Waals surface area contributed by atoms with Gasteiger partial charge >= 0.3 is 12.1 Å². The Morgan fingerprint density at radius 2 is 1.55 bits per heavy atom. The third-order valence-corrected chi connectivity index (χ3v) is 7.61. The summed E-state index contributed by atoms with van der Waals surface area (Å²) in [7, 11) is 0. The molecule has 0 saturated carbocycles. The highest BCUT2D eigenvalue weighted by molar-refractivity contribution is 5.70. The molecule has 1 aliphatic heterocycles. The van der Waals surface area contributed by atoms with Crippen molar-refractivity contribution in [1.82, 2.24) is 14.8 Å². The van der Waals surface area contributed by atoms with Crippen molar-refractivity contribution in [2.24, 2.45) is 0 Å². The molecule has 1 saturated heterocycles. The Morgan fingerprint density at radius 3 is 2.17 bits per heavy atom. The lowest BCUT2D eigenvalue weighted by molar-refractivity contribution is -0.258. The number of pyridine rings is 1. The van der Waals surface area contributed by atoms with Crippen molar-refractivity contribution in [2.75, 3.05) is 39.5 Å². The maximum Gasteiger partial charge on any atom is 0.421 e. The average molecular weight is 586 g/mol. The number of nitrogens with zero attached hydrogens (tertiary/aromatic N) is 3. The zero-order valence-corrected chi connectivity index (χ0v) is 24.0. The second kappa shape index (κ2) is 14.2. The molecule has 7 nitrogen and oxygen atoms in total. The summed E-state index contributed by atoms with van der Waals surface area (Å²) in [6.07, 6.45) is -0.938. The number of hydrogen-bond acceptors (Lipinski definition) is 7. The molecule has 0 radical (unpaired) electrons. The van der Waals surface area contributed by atoms with Crippen LogP contribution in [-0.2, 0) is 33.0 Å². The van der Waals surface area contributed by atoms with Crippen LogP contribution in [0.15, 0.2) is 73.1 Å². The molecule has 1 N–H and O–H groups in total. The molecule has 0 amide bonds. The molecule has 1 aromatic heterocycles. The van der Waals surface area contributed by atoms with Crippen molar-refractivity contribution in [2.45, 2.75) is 51.2 Å². The van der Waals surface area contributed by atoms with Crippen molar-refractivity contribution in [3.05, 3.63) is 89.7 Å². The number of carbonyl (C=O) groups is 1. The molecular weight excluding hydrogens is 547 g/mol. The molecule has 10 heteroatoms. The fraction of sp³-hybridized carbons (Fsp3) is 0.438. The van der Waals surface area contributed by atoms with E-state index in [0.29, 0.717) is 26.3 Å². The second-order valence-electron chi connectivity index (χ2n) is 10.7. The number of esters is 1. The Kier molecular flexibility index (Phi) is 10.7. The van der Waals surface area contributed by atoms with Crippen molar-refractivity contribution < 1.29 is 32.5 Å². The average Bonchev–Trinajstić information content (AvgIpc) is 2.97. The van der Waals surface area contributed by atoms with Crippen LogP contribution in [0.4, 0.5) is 13.2 Å². The molecule has 3 aromatic rings. The molecule has 2 heterocycles. The minimum Gasteiger partial charge on any atom is -0.463 e. The van der Waals surface area contributed by atoms with E-state index in [-0.39, 0.29) is 30.6 Å². The number of halogens is 3. The number of aliphatic hydroxyl groups is 1. The van der Waals surface area contributed by atoms with Gasteiger partial charge in [0.2, 0.25) is 0 Å². The third-order valence-electron chi connectivity index (χ3n) is 7.61. The molecule has 226 valence electrons. The highest BCUT2D eigenvalue weighted by atomic mass is 19.4. The van der Waals surface area contributed by atoms with Gasteiger partial charge in [-0.3, -0.25) is 19.6 Å². The summed E-state index contributed by atoms with van der Waals surface area (Å²) in [4.78, 5) is 21.4. The van der Waals surface area contributed by atoms with E-state index in [1.54, 1.807) is 24.5 Å². The molecular formula is C32H38F3N3O4. The molecule has 42 heavy (non-hydrogen) atoms. The van der Waals surface area contributed by atoms with Crippen LogP contribution < -0.4 is 0 Å². The highest BCUT2D eigenvalue weighted by Crippen LogP contribution is 2.39. The normalized spacial score (nSPS) is 18.0. The molecule has 0 bridgehead atoms. The zero-order chi connectivity index (χ0) is 30.2. The third kappa shape index (κ3) is 8.38. The Bertz CT molecular complexity index is 1270. The number of rotatable bonds is 12. The standard InChI is InChI=1S/C32H38F3N3O4/c1-3-41-18-19-42-30(39)20-29-23-37(16-17-38(29)22-25-12-14-36-15-13-25)21-24-4-6-26(7-5-24)27-8-10-28(11-9-27)31(2,40)32(33,34)35/h4-15,29,40H,3,16-23H2,1-2H3/t29-,31?/m0/s1. The van der Waals surface area contributed by atoms with Gasteiger partial charge in [-0.25, -0.2) is 0 Å². The topological polar surface area (TPSA) is 75.1 Å². The van der Waals surface area contributed by atoms with Crippen LogP contribution in [0.1, 0.15) is 37.0 Å². The summed E-state index contributed by atoms with van der Waals surface area (Å²) >= 11 is 0. The van der Waals surface area contributed by atoms with Gasteiger partial charge in [0.15, 0.2) is 5.60 Å². The molecule has 1 aliphatic rings. The van der Waals surface area contributed by atoms with E-state index in [1.165, 1.54) is 12.1 Å². The Balaban J connectivity index is 1.39. The van der Waals surface area contributed by atoms with Crippen molar-refractivity contribution in [3.8, 4) is 11.1 Å². The summed E-state index contributed by atoms with van der Waals surface area (Å²) in [6.45, 7) is 7.61. The van der Waals surface area contributed by atoms with Gasteiger partial charge in [0, 0.05) is 57.8 Å². The van der Waals surface area contributed by atoms with E-state index < -0.39 is 11.8 Å². The van der Waals surface area contributed by atoms with Crippen LogP contribution in [0.5, 0.6) is 0 Å². The number of ether oxygens (including phenoxy) is 2. The minimum absolute atomic E-state index is 0.0156. The number of alkyl halides is 3. The number of aromatic nitrogens is 1. The van der Waals surface area contributed by atoms with E-state index >= 15 is 0 Å². The smallest absolute Gasteiger partial charge is 0.421 e. The van der Waals surface area contributed by atoms with Crippen molar-refractivity contribution in [3.63, 3.8) is 0 Å². The number of benzene rings is 2. The van der Waals surface area contributed by atoms with Gasteiger partial charge in [-0.1, -0.05) is 48.5 Å². The lowest BCUT2D eigenvalue weighted by atomic mass is 9.93. The molecule has 0 aliphatic carbocycles. The van der Waals surface area contributed by atoms with Gasteiger partial charge in [0.05, 0.1) is 13.0 Å². The molecule has 0 spiro atoms. The van der Waals surface area contributed by atoms with Gasteiger partial charge in [0.25, 0.3) is 0 Å². The van der Waals surface area contributed by atoms with Crippen LogP contribution in [0.2, 0.25) is 0 Å². The predicted molar refractivity (Wildman–Crippen MR) is 153 cm³/mol. The van der Waals surface area contributed by atoms with Crippen LogP contribution in [0.3, 0.4) is 0 Å². The lowest BCUT2D eigenvalue weighted by Crippen LogP contribution is -2.53. The first kappa shape index (κ1) is 31.6.